The minimum absolute atomic E-state index is 0.0632. The fourth-order valence-corrected chi connectivity index (χ4v) is 6.36. The zero-order valence-corrected chi connectivity index (χ0v) is 24.5. The highest BCUT2D eigenvalue weighted by Gasteiger charge is 2.30. The second-order valence-corrected chi connectivity index (χ2v) is 13.7. The van der Waals surface area contributed by atoms with Crippen molar-refractivity contribution in [3.63, 3.8) is 0 Å². The first-order valence-electron chi connectivity index (χ1n) is 13.8. The number of nitrogens with zero attached hydrogens (tertiary/aromatic N) is 4. The van der Waals surface area contributed by atoms with E-state index >= 15 is 4.39 Å². The molecule has 41 heavy (non-hydrogen) atoms. The van der Waals surface area contributed by atoms with Crippen molar-refractivity contribution in [1.29, 1.82) is 0 Å². The number of sulfone groups is 1. The predicted octanol–water partition coefficient (Wildman–Crippen LogP) is 2.69. The Labute approximate surface area is 240 Å². The van der Waals surface area contributed by atoms with Crippen LogP contribution in [0.25, 0.3) is 0 Å². The number of piperazine rings is 1. The molecule has 0 saturated carbocycles. The molecule has 2 aromatic carbocycles. The number of benzene rings is 2. The largest absolute Gasteiger partial charge is 0.324 e. The molecule has 4 rings (SSSR count). The van der Waals surface area contributed by atoms with Crippen molar-refractivity contribution in [1.82, 2.24) is 14.7 Å². The number of alkyl halides is 1. The Bertz CT molecular complexity index is 1330. The molecule has 2 fully saturated rings. The van der Waals surface area contributed by atoms with Crippen molar-refractivity contribution in [3.8, 4) is 0 Å². The number of Topliss-reactive ketones (excluding diaryl/α,β-unsaturated/α-hetero) is 1. The third kappa shape index (κ3) is 8.54. The second-order valence-electron chi connectivity index (χ2n) is 11.4. The van der Waals surface area contributed by atoms with Crippen LogP contribution in [0.2, 0.25) is 0 Å². The average Bonchev–Trinajstić information content (AvgIpc) is 2.92. The molecule has 0 aliphatic carbocycles. The standard InChI is InChI=1S/C29H39F2N5O4S/c1-29(2,31)21-34-11-9-33(10-12-34)19-22-3-7-25(8-4-22)36(28(38)35-13-15-41(39,40)16-14-35)20-24-6-5-23(17-26(24)30)27(37)18-32/h3-8,17H,9-16,18-21,32H2,1-2H3. The topological polar surface area (TPSA) is 107 Å². The van der Waals surface area contributed by atoms with Crippen LogP contribution in [0.3, 0.4) is 0 Å². The van der Waals surface area contributed by atoms with Crippen LogP contribution in [-0.2, 0) is 22.9 Å². The molecule has 0 atom stereocenters. The second kappa shape index (κ2) is 12.9. The summed E-state index contributed by atoms with van der Waals surface area (Å²) in [6.07, 6.45) is 0. The van der Waals surface area contributed by atoms with Gasteiger partial charge in [-0.2, -0.15) is 0 Å². The molecule has 2 saturated heterocycles. The monoisotopic (exact) mass is 591 g/mol. The predicted molar refractivity (Wildman–Crippen MR) is 155 cm³/mol. The van der Waals surface area contributed by atoms with Gasteiger partial charge >= 0.3 is 6.03 Å². The van der Waals surface area contributed by atoms with E-state index in [4.69, 9.17) is 5.73 Å². The van der Waals surface area contributed by atoms with E-state index < -0.39 is 27.4 Å². The fraction of sp³-hybridized carbons (Fsp3) is 0.517. The van der Waals surface area contributed by atoms with E-state index in [1.54, 1.807) is 26.0 Å². The molecule has 2 heterocycles. The first kappa shape index (κ1) is 31.0. The smallest absolute Gasteiger partial charge is 0.324 e. The van der Waals surface area contributed by atoms with Crippen LogP contribution in [0.15, 0.2) is 42.5 Å². The molecule has 0 unspecified atom stereocenters. The molecule has 2 amide bonds. The maximum Gasteiger partial charge on any atom is 0.324 e. The van der Waals surface area contributed by atoms with Gasteiger partial charge in [-0.3, -0.25) is 19.5 Å². The van der Waals surface area contributed by atoms with Crippen LogP contribution in [0.1, 0.15) is 35.3 Å². The van der Waals surface area contributed by atoms with Crippen molar-refractivity contribution < 1.29 is 26.8 Å². The zero-order chi connectivity index (χ0) is 29.8. The molecule has 0 aromatic heterocycles. The molecular weight excluding hydrogens is 552 g/mol. The van der Waals surface area contributed by atoms with E-state index in [0.717, 1.165) is 37.8 Å². The molecular formula is C29H39F2N5O4S. The number of ketones is 1. The highest BCUT2D eigenvalue weighted by Crippen LogP contribution is 2.24. The first-order valence-corrected chi connectivity index (χ1v) is 15.7. The number of halogens is 2. The molecule has 9 nitrogen and oxygen atoms in total. The number of hydrogen-bond acceptors (Lipinski definition) is 7. The van der Waals surface area contributed by atoms with Crippen molar-refractivity contribution in [3.05, 3.63) is 65.0 Å². The van der Waals surface area contributed by atoms with E-state index in [2.05, 4.69) is 9.80 Å². The van der Waals surface area contributed by atoms with Gasteiger partial charge in [0.05, 0.1) is 24.6 Å². The van der Waals surface area contributed by atoms with Crippen molar-refractivity contribution in [2.45, 2.75) is 32.6 Å². The number of anilines is 1. The molecule has 0 bridgehead atoms. The summed E-state index contributed by atoms with van der Waals surface area (Å²) in [7, 11) is -3.19. The van der Waals surface area contributed by atoms with Crippen LogP contribution < -0.4 is 10.6 Å². The number of amides is 2. The van der Waals surface area contributed by atoms with Crippen LogP contribution in [0.4, 0.5) is 19.3 Å². The van der Waals surface area contributed by atoms with Gasteiger partial charge in [0.1, 0.15) is 11.5 Å². The molecule has 224 valence electrons. The van der Waals surface area contributed by atoms with Crippen LogP contribution in [0.5, 0.6) is 0 Å². The van der Waals surface area contributed by atoms with E-state index in [1.807, 2.05) is 12.1 Å². The quantitative estimate of drug-likeness (QED) is 0.447. The summed E-state index contributed by atoms with van der Waals surface area (Å²) in [5, 5.41) is 0. The van der Waals surface area contributed by atoms with Crippen LogP contribution >= 0.6 is 0 Å². The lowest BCUT2D eigenvalue weighted by Crippen LogP contribution is -2.50. The molecule has 0 radical (unpaired) electrons. The van der Waals surface area contributed by atoms with Crippen LogP contribution in [0, 0.1) is 5.82 Å². The Balaban J connectivity index is 1.49. The van der Waals surface area contributed by atoms with Gasteiger partial charge in [0.25, 0.3) is 0 Å². The van der Waals surface area contributed by atoms with E-state index in [1.165, 1.54) is 21.9 Å². The third-order valence-electron chi connectivity index (χ3n) is 7.45. The maximum atomic E-state index is 15.0. The van der Waals surface area contributed by atoms with Gasteiger partial charge in [-0.1, -0.05) is 24.3 Å². The van der Waals surface area contributed by atoms with Crippen molar-refractivity contribution in [2.24, 2.45) is 5.73 Å². The van der Waals surface area contributed by atoms with Gasteiger partial charge in [0, 0.05) is 69.2 Å². The summed E-state index contributed by atoms with van der Waals surface area (Å²) in [6.45, 7) is 7.32. The highest BCUT2D eigenvalue weighted by atomic mass is 32.2. The van der Waals surface area contributed by atoms with Crippen molar-refractivity contribution in [2.75, 3.05) is 68.8 Å². The molecule has 0 spiro atoms. The van der Waals surface area contributed by atoms with E-state index in [-0.39, 0.29) is 54.6 Å². The van der Waals surface area contributed by atoms with Crippen molar-refractivity contribution >= 4 is 27.3 Å². The first-order chi connectivity index (χ1) is 19.3. The van der Waals surface area contributed by atoms with Gasteiger partial charge in [0.15, 0.2) is 15.6 Å². The van der Waals surface area contributed by atoms with Gasteiger partial charge < -0.3 is 10.6 Å². The number of hydrogen-bond donors (Lipinski definition) is 1. The summed E-state index contributed by atoms with van der Waals surface area (Å²) in [4.78, 5) is 32.8. The normalized spacial score (nSPS) is 18.3. The van der Waals surface area contributed by atoms with Gasteiger partial charge in [0.2, 0.25) is 0 Å². The lowest BCUT2D eigenvalue weighted by Gasteiger charge is -2.36. The Morgan fingerprint density at radius 1 is 0.951 bits per heavy atom. The molecule has 2 N–H and O–H groups in total. The number of carbonyl (C=O) groups is 2. The highest BCUT2D eigenvalue weighted by molar-refractivity contribution is 7.91. The minimum Gasteiger partial charge on any atom is -0.324 e. The lowest BCUT2D eigenvalue weighted by atomic mass is 10.1. The molecule has 2 aliphatic rings. The molecule has 2 aliphatic heterocycles. The summed E-state index contributed by atoms with van der Waals surface area (Å²) in [6, 6.07) is 11.1. The Hall–Kier alpha value is -2.93. The SMILES string of the molecule is CC(C)(F)CN1CCN(Cc2ccc(N(Cc3ccc(C(=O)CN)cc3F)C(=O)N3CCS(=O)(=O)CC3)cc2)CC1. The Morgan fingerprint density at radius 3 is 2.12 bits per heavy atom. The summed E-state index contributed by atoms with van der Waals surface area (Å²) < 4.78 is 52.9. The fourth-order valence-electron chi connectivity index (χ4n) is 5.16. The molecule has 12 heteroatoms. The number of urea groups is 1. The summed E-state index contributed by atoms with van der Waals surface area (Å²) in [5.41, 5.74) is 6.14. The van der Waals surface area contributed by atoms with Gasteiger partial charge in [-0.15, -0.1) is 0 Å². The zero-order valence-electron chi connectivity index (χ0n) is 23.7. The van der Waals surface area contributed by atoms with E-state index in [9.17, 15) is 22.4 Å². The Morgan fingerprint density at radius 2 is 1.56 bits per heavy atom. The van der Waals surface area contributed by atoms with Gasteiger partial charge in [-0.25, -0.2) is 22.0 Å². The Kier molecular flexibility index (Phi) is 9.78. The average molecular weight is 592 g/mol. The minimum atomic E-state index is -3.19. The lowest BCUT2D eigenvalue weighted by molar-refractivity contribution is 0.0732. The number of nitrogens with two attached hydrogens (primary N) is 1. The number of rotatable bonds is 9. The molecule has 2 aromatic rings. The third-order valence-corrected chi connectivity index (χ3v) is 9.06. The van der Waals surface area contributed by atoms with Gasteiger partial charge in [-0.05, 0) is 37.6 Å². The maximum absolute atomic E-state index is 15.0. The summed E-state index contributed by atoms with van der Waals surface area (Å²) in [5.74, 6) is -1.26. The summed E-state index contributed by atoms with van der Waals surface area (Å²) >= 11 is 0. The number of carbonyl (C=O) groups excluding carboxylic acids is 2. The van der Waals surface area contributed by atoms with Crippen LogP contribution in [-0.4, -0.2) is 104 Å². The van der Waals surface area contributed by atoms with E-state index in [0.29, 0.717) is 18.8 Å².